The van der Waals surface area contributed by atoms with E-state index in [1.807, 2.05) is 0 Å². The van der Waals surface area contributed by atoms with Gasteiger partial charge in [0.15, 0.2) is 6.61 Å². The third-order valence-corrected chi connectivity index (χ3v) is 4.26. The average Bonchev–Trinajstić information content (AvgIpc) is 2.83. The Balaban J connectivity index is 1.77. The summed E-state index contributed by atoms with van der Waals surface area (Å²) in [5.41, 5.74) is -0.740. The molecular weight excluding hydrogens is 346 g/mol. The Morgan fingerprint density at radius 1 is 1.45 bits per heavy atom. The van der Waals surface area contributed by atoms with Gasteiger partial charge in [-0.25, -0.2) is 0 Å². The molecule has 0 aromatic heterocycles. The molecule has 0 unspecified atom stereocenters. The Hall–Kier alpha value is -0.780. The number of halogens is 2. The van der Waals surface area contributed by atoms with Crippen LogP contribution in [0.5, 0.6) is 5.75 Å². The lowest BCUT2D eigenvalue weighted by molar-refractivity contribution is -0.124. The molecule has 4 nitrogen and oxygen atoms in total. The molecule has 0 atom stereocenters. The van der Waals surface area contributed by atoms with Crippen LogP contribution >= 0.6 is 27.5 Å². The lowest BCUT2D eigenvalue weighted by Gasteiger charge is -2.22. The summed E-state index contributed by atoms with van der Waals surface area (Å²) in [6, 6.07) is 5.10. The van der Waals surface area contributed by atoms with Gasteiger partial charge < -0.3 is 15.2 Å². The minimum atomic E-state index is -0.740. The number of hydrogen-bond donors (Lipinski definition) is 2. The summed E-state index contributed by atoms with van der Waals surface area (Å²) in [6.07, 6.45) is 3.52. The van der Waals surface area contributed by atoms with Gasteiger partial charge in [0.05, 0.1) is 10.1 Å². The van der Waals surface area contributed by atoms with Crippen molar-refractivity contribution in [1.29, 1.82) is 0 Å². The molecule has 0 heterocycles. The molecule has 2 rings (SSSR count). The van der Waals surface area contributed by atoms with Gasteiger partial charge >= 0.3 is 0 Å². The smallest absolute Gasteiger partial charge is 0.258 e. The first-order valence-electron chi connectivity index (χ1n) is 6.55. The van der Waals surface area contributed by atoms with Crippen molar-refractivity contribution in [3.05, 3.63) is 27.7 Å². The van der Waals surface area contributed by atoms with Crippen molar-refractivity contribution in [2.75, 3.05) is 13.2 Å². The van der Waals surface area contributed by atoms with Crippen molar-refractivity contribution < 1.29 is 14.6 Å². The fraction of sp³-hybridized carbons (Fsp3) is 0.500. The van der Waals surface area contributed by atoms with Crippen LogP contribution in [-0.2, 0) is 4.79 Å². The van der Waals surface area contributed by atoms with Gasteiger partial charge in [0.1, 0.15) is 5.75 Å². The van der Waals surface area contributed by atoms with E-state index in [0.29, 0.717) is 15.2 Å². The highest BCUT2D eigenvalue weighted by molar-refractivity contribution is 9.10. The number of carbonyl (C=O) groups is 1. The number of hydrogen-bond acceptors (Lipinski definition) is 3. The maximum atomic E-state index is 11.7. The summed E-state index contributed by atoms with van der Waals surface area (Å²) in [4.78, 5) is 11.7. The van der Waals surface area contributed by atoms with Crippen LogP contribution in [0.25, 0.3) is 0 Å². The van der Waals surface area contributed by atoms with E-state index in [4.69, 9.17) is 16.3 Å². The molecule has 1 amide bonds. The number of nitrogens with one attached hydrogen (secondary N) is 1. The van der Waals surface area contributed by atoms with Crippen molar-refractivity contribution in [2.45, 2.75) is 31.3 Å². The van der Waals surface area contributed by atoms with Crippen LogP contribution < -0.4 is 10.1 Å². The zero-order valence-electron chi connectivity index (χ0n) is 11.0. The van der Waals surface area contributed by atoms with E-state index in [2.05, 4.69) is 21.2 Å². The topological polar surface area (TPSA) is 58.6 Å². The van der Waals surface area contributed by atoms with Crippen LogP contribution in [0.3, 0.4) is 0 Å². The van der Waals surface area contributed by atoms with Crippen LogP contribution in [0.2, 0.25) is 5.02 Å². The van der Waals surface area contributed by atoms with Gasteiger partial charge in [0.2, 0.25) is 0 Å². The number of rotatable bonds is 5. The Kier molecular flexibility index (Phi) is 5.29. The lowest BCUT2D eigenvalue weighted by atomic mass is 10.0. The summed E-state index contributed by atoms with van der Waals surface area (Å²) in [5.74, 6) is 0.316. The number of benzene rings is 1. The molecule has 2 N–H and O–H groups in total. The summed E-state index contributed by atoms with van der Waals surface area (Å²) in [7, 11) is 0. The van der Waals surface area contributed by atoms with Crippen molar-refractivity contribution in [3.8, 4) is 5.75 Å². The Morgan fingerprint density at radius 2 is 2.15 bits per heavy atom. The second-order valence-corrected chi connectivity index (χ2v) is 6.36. The molecule has 0 spiro atoms. The van der Waals surface area contributed by atoms with Crippen LogP contribution in [0.15, 0.2) is 22.7 Å². The molecule has 1 aromatic carbocycles. The van der Waals surface area contributed by atoms with E-state index in [0.717, 1.165) is 25.7 Å². The second kappa shape index (κ2) is 6.78. The minimum absolute atomic E-state index is 0.0870. The van der Waals surface area contributed by atoms with E-state index in [-0.39, 0.29) is 19.1 Å². The number of aliphatic hydroxyl groups is 1. The van der Waals surface area contributed by atoms with E-state index in [1.165, 1.54) is 0 Å². The van der Waals surface area contributed by atoms with E-state index < -0.39 is 5.60 Å². The highest BCUT2D eigenvalue weighted by Crippen LogP contribution is 2.29. The number of ether oxygens (including phenoxy) is 1. The first kappa shape index (κ1) is 15.6. The lowest BCUT2D eigenvalue weighted by Crippen LogP contribution is -2.42. The summed E-state index contributed by atoms with van der Waals surface area (Å²) in [5, 5.41) is 13.4. The Labute approximate surface area is 131 Å². The summed E-state index contributed by atoms with van der Waals surface area (Å²) >= 11 is 9.14. The van der Waals surface area contributed by atoms with Gasteiger partial charge in [-0.15, -0.1) is 0 Å². The average molecular weight is 363 g/mol. The maximum Gasteiger partial charge on any atom is 0.258 e. The van der Waals surface area contributed by atoms with Crippen molar-refractivity contribution in [3.63, 3.8) is 0 Å². The first-order valence-corrected chi connectivity index (χ1v) is 7.73. The number of carbonyl (C=O) groups excluding carboxylic acids is 1. The predicted molar refractivity (Wildman–Crippen MR) is 81.1 cm³/mol. The van der Waals surface area contributed by atoms with Crippen molar-refractivity contribution in [1.82, 2.24) is 5.32 Å². The van der Waals surface area contributed by atoms with Crippen molar-refractivity contribution in [2.24, 2.45) is 0 Å². The highest BCUT2D eigenvalue weighted by atomic mass is 79.9. The Morgan fingerprint density at radius 3 is 2.80 bits per heavy atom. The summed E-state index contributed by atoms with van der Waals surface area (Å²) < 4.78 is 6.10. The molecule has 1 aromatic rings. The fourth-order valence-corrected chi connectivity index (χ4v) is 3.06. The zero-order chi connectivity index (χ0) is 14.6. The highest BCUT2D eigenvalue weighted by Gasteiger charge is 2.31. The molecule has 0 bridgehead atoms. The normalized spacial score (nSPS) is 16.9. The molecular formula is C14H17BrClNO3. The van der Waals surface area contributed by atoms with Crippen LogP contribution in [0.1, 0.15) is 25.7 Å². The van der Waals surface area contributed by atoms with Gasteiger partial charge in [0, 0.05) is 11.6 Å². The largest absolute Gasteiger partial charge is 0.483 e. The van der Waals surface area contributed by atoms with Gasteiger partial charge in [-0.3, -0.25) is 4.79 Å². The molecule has 0 aliphatic heterocycles. The maximum absolute atomic E-state index is 11.7. The third kappa shape index (κ3) is 4.36. The van der Waals surface area contributed by atoms with Crippen LogP contribution in [0, 0.1) is 0 Å². The molecule has 1 saturated carbocycles. The molecule has 20 heavy (non-hydrogen) atoms. The third-order valence-electron chi connectivity index (χ3n) is 3.40. The quantitative estimate of drug-likeness (QED) is 0.847. The minimum Gasteiger partial charge on any atom is -0.483 e. The monoisotopic (exact) mass is 361 g/mol. The summed E-state index contributed by atoms with van der Waals surface area (Å²) in [6.45, 7) is 0.202. The molecule has 6 heteroatoms. The van der Waals surface area contributed by atoms with Gasteiger partial charge in [-0.2, -0.15) is 0 Å². The molecule has 0 saturated heterocycles. The van der Waals surface area contributed by atoms with Crippen LogP contribution in [-0.4, -0.2) is 29.8 Å². The first-order chi connectivity index (χ1) is 9.48. The predicted octanol–water partition coefficient (Wildman–Crippen LogP) is 2.90. The molecule has 1 fully saturated rings. The van der Waals surface area contributed by atoms with Crippen molar-refractivity contribution >= 4 is 33.4 Å². The molecule has 110 valence electrons. The van der Waals surface area contributed by atoms with Crippen LogP contribution in [0.4, 0.5) is 0 Å². The number of amides is 1. The van der Waals surface area contributed by atoms with E-state index in [9.17, 15) is 9.90 Å². The molecule has 0 radical (unpaired) electrons. The second-order valence-electron chi connectivity index (χ2n) is 5.07. The van der Waals surface area contributed by atoms with Gasteiger partial charge in [0.25, 0.3) is 5.91 Å². The standard InChI is InChI=1S/C14H17BrClNO3/c15-11-7-10(16)3-4-12(11)20-8-13(18)17-9-14(19)5-1-2-6-14/h3-4,7,19H,1-2,5-6,8-9H2,(H,17,18). The molecule has 1 aliphatic rings. The van der Waals surface area contributed by atoms with E-state index in [1.54, 1.807) is 18.2 Å². The van der Waals surface area contributed by atoms with E-state index >= 15 is 0 Å². The Bertz CT molecular complexity index is 489. The fourth-order valence-electron chi connectivity index (χ4n) is 2.26. The van der Waals surface area contributed by atoms with Gasteiger partial charge in [-0.1, -0.05) is 24.4 Å². The van der Waals surface area contributed by atoms with Gasteiger partial charge in [-0.05, 0) is 47.0 Å². The SMILES string of the molecule is O=C(COc1ccc(Cl)cc1Br)NCC1(O)CCCC1. The zero-order valence-corrected chi connectivity index (χ0v) is 13.3. The molecule has 1 aliphatic carbocycles.